The number of hydrogen-bond acceptors (Lipinski definition) is 6. The van der Waals surface area contributed by atoms with Gasteiger partial charge in [-0.2, -0.15) is 4.98 Å². The van der Waals surface area contributed by atoms with Gasteiger partial charge in [-0.3, -0.25) is 4.90 Å². The van der Waals surface area contributed by atoms with E-state index >= 15 is 0 Å². The van der Waals surface area contributed by atoms with Crippen LogP contribution in [0.3, 0.4) is 0 Å². The Kier molecular flexibility index (Phi) is 8.43. The number of benzene rings is 1. The summed E-state index contributed by atoms with van der Waals surface area (Å²) >= 11 is 0. The predicted octanol–water partition coefficient (Wildman–Crippen LogP) is 5.48. The molecule has 0 spiro atoms. The van der Waals surface area contributed by atoms with Gasteiger partial charge in [0, 0.05) is 68.2 Å². The number of likely N-dealkylation sites (N-methyl/N-ethyl adjacent to an activating group) is 1. The smallest absolute Gasteiger partial charge is 0.224 e. The van der Waals surface area contributed by atoms with Crippen LogP contribution in [0, 0.1) is 0 Å². The Hall–Kier alpha value is -2.48. The number of piperazine rings is 1. The minimum absolute atomic E-state index is 0.169. The Labute approximate surface area is 221 Å². The second kappa shape index (κ2) is 11.9. The molecule has 3 aromatic rings. The molecule has 3 heterocycles. The van der Waals surface area contributed by atoms with E-state index in [-0.39, 0.29) is 6.10 Å². The van der Waals surface area contributed by atoms with Crippen molar-refractivity contribution in [2.24, 2.45) is 0 Å². The van der Waals surface area contributed by atoms with Gasteiger partial charge in [0.15, 0.2) is 0 Å². The summed E-state index contributed by atoms with van der Waals surface area (Å²) in [5, 5.41) is 14.6. The summed E-state index contributed by atoms with van der Waals surface area (Å²) in [4.78, 5) is 14.8. The van der Waals surface area contributed by atoms with Crippen molar-refractivity contribution in [3.63, 3.8) is 0 Å². The number of anilines is 1. The lowest BCUT2D eigenvalue weighted by Crippen LogP contribution is -2.46. The number of nitrogens with zero attached hydrogens (tertiary/aromatic N) is 5. The van der Waals surface area contributed by atoms with Crippen LogP contribution in [0.2, 0.25) is 0 Å². The first-order valence-corrected chi connectivity index (χ1v) is 14.4. The quantitative estimate of drug-likeness (QED) is 0.376. The minimum atomic E-state index is -0.169. The maximum absolute atomic E-state index is 10.1. The zero-order valence-corrected chi connectivity index (χ0v) is 22.9. The highest BCUT2D eigenvalue weighted by atomic mass is 16.3. The minimum Gasteiger partial charge on any atom is -0.393 e. The largest absolute Gasteiger partial charge is 0.393 e. The summed E-state index contributed by atoms with van der Waals surface area (Å²) in [6.07, 6.45) is 10.0. The van der Waals surface area contributed by atoms with Crippen LogP contribution in [0.1, 0.15) is 76.9 Å². The topological polar surface area (TPSA) is 69.5 Å². The Morgan fingerprint density at radius 2 is 1.76 bits per heavy atom. The second-order valence-electron chi connectivity index (χ2n) is 10.9. The van der Waals surface area contributed by atoms with E-state index in [1.165, 1.54) is 16.7 Å². The number of unbranched alkanes of at least 4 members (excludes halogenated alkanes) is 1. The van der Waals surface area contributed by atoms with Gasteiger partial charge in [-0.25, -0.2) is 4.98 Å². The van der Waals surface area contributed by atoms with Crippen LogP contribution in [0.25, 0.3) is 22.2 Å². The van der Waals surface area contributed by atoms with Gasteiger partial charge in [-0.1, -0.05) is 44.5 Å². The van der Waals surface area contributed by atoms with Gasteiger partial charge in [0.1, 0.15) is 5.65 Å². The molecule has 1 saturated carbocycles. The average molecular weight is 505 g/mol. The molecular formula is C30H44N6O. The van der Waals surface area contributed by atoms with E-state index in [1.807, 2.05) is 6.20 Å². The summed E-state index contributed by atoms with van der Waals surface area (Å²) in [6.45, 7) is 13.4. The van der Waals surface area contributed by atoms with Crippen molar-refractivity contribution in [3.8, 4) is 11.1 Å². The highest BCUT2D eigenvalue weighted by Gasteiger charge is 2.25. The first-order valence-electron chi connectivity index (χ1n) is 14.4. The van der Waals surface area contributed by atoms with Gasteiger partial charge >= 0.3 is 0 Å². The van der Waals surface area contributed by atoms with E-state index in [0.717, 1.165) is 88.8 Å². The maximum Gasteiger partial charge on any atom is 0.224 e. The van der Waals surface area contributed by atoms with Gasteiger partial charge in [-0.05, 0) is 56.7 Å². The number of fused-ring (bicyclic) bond motifs is 1. The van der Waals surface area contributed by atoms with Crippen molar-refractivity contribution < 1.29 is 5.11 Å². The highest BCUT2D eigenvalue weighted by Crippen LogP contribution is 2.37. The maximum atomic E-state index is 10.1. The normalized spacial score (nSPS) is 22.4. The highest BCUT2D eigenvalue weighted by molar-refractivity contribution is 5.94. The lowest BCUT2D eigenvalue weighted by atomic mass is 9.93. The van der Waals surface area contributed by atoms with Gasteiger partial charge in [0.25, 0.3) is 0 Å². The lowest BCUT2D eigenvalue weighted by Gasteiger charge is -2.37. The van der Waals surface area contributed by atoms with Gasteiger partial charge in [0.05, 0.1) is 6.10 Å². The molecule has 37 heavy (non-hydrogen) atoms. The summed E-state index contributed by atoms with van der Waals surface area (Å²) < 4.78 is 2.35. The summed E-state index contributed by atoms with van der Waals surface area (Å²) in [7, 11) is 0. The average Bonchev–Trinajstić information content (AvgIpc) is 3.32. The third-order valence-corrected chi connectivity index (χ3v) is 8.55. The van der Waals surface area contributed by atoms with Crippen LogP contribution in [0.15, 0.2) is 36.7 Å². The molecule has 7 heteroatoms. The summed E-state index contributed by atoms with van der Waals surface area (Å²) in [6, 6.07) is 9.92. The molecule has 1 saturated heterocycles. The van der Waals surface area contributed by atoms with Crippen LogP contribution in [-0.2, 0) is 0 Å². The van der Waals surface area contributed by atoms with Gasteiger partial charge in [0.2, 0.25) is 5.95 Å². The van der Waals surface area contributed by atoms with Crippen LogP contribution in [0.5, 0.6) is 0 Å². The van der Waals surface area contributed by atoms with Crippen molar-refractivity contribution in [2.45, 2.75) is 77.5 Å². The van der Waals surface area contributed by atoms with Crippen molar-refractivity contribution in [1.82, 2.24) is 24.3 Å². The number of rotatable bonds is 9. The number of aromatic nitrogens is 3. The Morgan fingerprint density at radius 1 is 1.03 bits per heavy atom. The molecule has 0 radical (unpaired) electrons. The zero-order chi connectivity index (χ0) is 25.8. The molecule has 2 N–H and O–H groups in total. The molecule has 7 nitrogen and oxygen atoms in total. The van der Waals surface area contributed by atoms with Gasteiger partial charge in [-0.15, -0.1) is 0 Å². The van der Waals surface area contributed by atoms with Crippen molar-refractivity contribution in [1.29, 1.82) is 0 Å². The van der Waals surface area contributed by atoms with Crippen LogP contribution in [0.4, 0.5) is 5.95 Å². The lowest BCUT2D eigenvalue weighted by molar-refractivity contribution is 0.106. The van der Waals surface area contributed by atoms with E-state index in [0.29, 0.717) is 18.0 Å². The number of nitrogens with one attached hydrogen (secondary N) is 1. The molecular weight excluding hydrogens is 460 g/mol. The first kappa shape index (κ1) is 26.1. The number of aliphatic hydroxyl groups excluding tert-OH is 1. The molecule has 0 bridgehead atoms. The Morgan fingerprint density at radius 3 is 2.43 bits per heavy atom. The van der Waals surface area contributed by atoms with E-state index < -0.39 is 0 Å². The zero-order valence-electron chi connectivity index (χ0n) is 22.9. The van der Waals surface area contributed by atoms with E-state index in [2.05, 4.69) is 75.9 Å². The molecule has 0 unspecified atom stereocenters. The fourth-order valence-electron chi connectivity index (χ4n) is 5.96. The molecule has 0 amide bonds. The predicted molar refractivity (Wildman–Crippen MR) is 152 cm³/mol. The van der Waals surface area contributed by atoms with E-state index in [1.54, 1.807) is 0 Å². The van der Waals surface area contributed by atoms with Crippen molar-refractivity contribution >= 4 is 17.0 Å². The van der Waals surface area contributed by atoms with Crippen LogP contribution >= 0.6 is 0 Å². The molecule has 1 aliphatic carbocycles. The van der Waals surface area contributed by atoms with Gasteiger partial charge < -0.3 is 19.9 Å². The van der Waals surface area contributed by atoms with Crippen molar-refractivity contribution in [2.75, 3.05) is 44.6 Å². The molecule has 1 aromatic carbocycles. The standard InChI is InChI=1S/C30H44N6O/c1-4-6-15-31-30-32-20-27-28(21-36(29(27)33-30)25-11-13-26(37)14-12-25)24-9-7-23(8-10-24)22(3)35-18-16-34(5-2)17-19-35/h7-10,20-22,25-26,37H,4-6,11-19H2,1-3H3,(H,31,32,33)/t22-,25?,26?/m1/s1. The number of hydrogen-bond donors (Lipinski definition) is 2. The third-order valence-electron chi connectivity index (χ3n) is 8.55. The monoisotopic (exact) mass is 504 g/mol. The SMILES string of the molecule is CCCCNc1ncc2c(-c3ccc([C@@H](C)N4CCN(CC)CC4)cc3)cn(C3CCC(O)CC3)c2n1. The molecule has 2 aliphatic rings. The fourth-order valence-corrected chi connectivity index (χ4v) is 5.96. The fraction of sp³-hybridized carbons (Fsp3) is 0.600. The summed E-state index contributed by atoms with van der Waals surface area (Å²) in [5.74, 6) is 0.704. The molecule has 1 aliphatic heterocycles. The molecule has 1 atom stereocenters. The van der Waals surface area contributed by atoms with Crippen molar-refractivity contribution in [3.05, 3.63) is 42.2 Å². The van der Waals surface area contributed by atoms with Crippen LogP contribution < -0.4 is 5.32 Å². The molecule has 200 valence electrons. The third kappa shape index (κ3) is 5.84. The van der Waals surface area contributed by atoms with E-state index in [4.69, 9.17) is 4.98 Å². The van der Waals surface area contributed by atoms with Crippen LogP contribution in [-0.4, -0.2) is 74.8 Å². The van der Waals surface area contributed by atoms with E-state index in [9.17, 15) is 5.11 Å². The summed E-state index contributed by atoms with van der Waals surface area (Å²) in [5.41, 5.74) is 4.77. The number of aliphatic hydroxyl groups is 1. The molecule has 2 fully saturated rings. The molecule has 5 rings (SSSR count). The Balaban J connectivity index is 1.41. The second-order valence-corrected chi connectivity index (χ2v) is 10.9. The Bertz CT molecular complexity index is 1140. The molecule has 2 aromatic heterocycles. The first-order chi connectivity index (χ1) is 18.1.